The van der Waals surface area contributed by atoms with Gasteiger partial charge >= 0.3 is 5.97 Å². The largest absolute Gasteiger partial charge is 0.481 e. The van der Waals surface area contributed by atoms with Gasteiger partial charge in [-0.25, -0.2) is 0 Å². The van der Waals surface area contributed by atoms with Gasteiger partial charge < -0.3 is 10.2 Å². The van der Waals surface area contributed by atoms with Crippen LogP contribution in [0.2, 0.25) is 0 Å². The summed E-state index contributed by atoms with van der Waals surface area (Å²) < 4.78 is 0. The second kappa shape index (κ2) is 2.76. The molecule has 86 valence electrons. The number of hydrogen-bond acceptors (Lipinski definition) is 2. The second-order valence-electron chi connectivity index (χ2n) is 6.15. The molecule has 0 aromatic heterocycles. The van der Waals surface area contributed by atoms with Crippen LogP contribution in [0.25, 0.3) is 0 Å². The molecule has 15 heavy (non-hydrogen) atoms. The highest BCUT2D eigenvalue weighted by Crippen LogP contribution is 2.68. The molecule has 3 atom stereocenters. The third-order valence-corrected chi connectivity index (χ3v) is 5.23. The molecule has 2 rings (SSSR count). The van der Waals surface area contributed by atoms with Gasteiger partial charge in [0, 0.05) is 0 Å². The summed E-state index contributed by atoms with van der Waals surface area (Å²) in [6.07, 6.45) is 2.95. The van der Waals surface area contributed by atoms with Gasteiger partial charge in [0.1, 0.15) is 0 Å². The lowest BCUT2D eigenvalue weighted by molar-refractivity contribution is -0.170. The van der Waals surface area contributed by atoms with Gasteiger partial charge in [-0.2, -0.15) is 0 Å². The van der Waals surface area contributed by atoms with Crippen LogP contribution in [0, 0.1) is 16.7 Å². The fraction of sp³-hybridized carbons (Fsp3) is 0.917. The molecule has 0 spiro atoms. The minimum atomic E-state index is -1.03. The Hall–Kier alpha value is -0.570. The number of aliphatic carboxylic acids is 1. The number of carboxylic acids is 1. The maximum Gasteiger partial charge on any atom is 0.306 e. The van der Waals surface area contributed by atoms with Crippen LogP contribution in [0.4, 0.5) is 0 Å². The zero-order valence-corrected chi connectivity index (χ0v) is 9.71. The van der Waals surface area contributed by atoms with Crippen molar-refractivity contribution in [2.24, 2.45) is 16.7 Å². The molecule has 2 aliphatic carbocycles. The smallest absolute Gasteiger partial charge is 0.306 e. The molecule has 3 unspecified atom stereocenters. The highest BCUT2D eigenvalue weighted by Gasteiger charge is 2.68. The molecular weight excluding hydrogens is 192 g/mol. The van der Waals surface area contributed by atoms with E-state index in [1.54, 1.807) is 0 Å². The van der Waals surface area contributed by atoms with Crippen LogP contribution in [0.3, 0.4) is 0 Å². The number of rotatable bonds is 2. The first kappa shape index (κ1) is 10.9. The van der Waals surface area contributed by atoms with E-state index in [0.29, 0.717) is 5.92 Å². The lowest BCUT2D eigenvalue weighted by Crippen LogP contribution is -2.55. The fourth-order valence-corrected chi connectivity index (χ4v) is 4.01. The summed E-state index contributed by atoms with van der Waals surface area (Å²) in [7, 11) is 0. The van der Waals surface area contributed by atoms with E-state index in [1.165, 1.54) is 0 Å². The molecule has 2 aliphatic rings. The van der Waals surface area contributed by atoms with Gasteiger partial charge in [0.15, 0.2) is 0 Å². The van der Waals surface area contributed by atoms with Crippen molar-refractivity contribution in [2.45, 2.75) is 52.1 Å². The predicted octanol–water partition coefficient (Wildman–Crippen LogP) is 2.04. The number of aliphatic hydroxyl groups is 1. The van der Waals surface area contributed by atoms with Crippen molar-refractivity contribution in [2.75, 3.05) is 0 Å². The summed E-state index contributed by atoms with van der Waals surface area (Å²) in [5, 5.41) is 19.7. The maximum absolute atomic E-state index is 10.9. The average Bonchev–Trinajstić information content (AvgIpc) is 2.51. The van der Waals surface area contributed by atoms with Gasteiger partial charge in [0.2, 0.25) is 0 Å². The average molecular weight is 212 g/mol. The molecule has 2 saturated carbocycles. The van der Waals surface area contributed by atoms with Crippen molar-refractivity contribution in [1.29, 1.82) is 0 Å². The van der Waals surface area contributed by atoms with E-state index >= 15 is 0 Å². The van der Waals surface area contributed by atoms with Crippen molar-refractivity contribution < 1.29 is 15.0 Å². The van der Waals surface area contributed by atoms with Crippen molar-refractivity contribution in [3.05, 3.63) is 0 Å². The first-order chi connectivity index (χ1) is 6.73. The molecule has 0 saturated heterocycles. The standard InChI is InChI=1S/C12H20O3/c1-10(2)8-4-5-11(3,6-8)12(10,15)7-9(13)14/h8,15H,4-7H2,1-3H3,(H,13,14). The van der Waals surface area contributed by atoms with Gasteiger partial charge in [0.05, 0.1) is 12.0 Å². The zero-order valence-electron chi connectivity index (χ0n) is 9.71. The highest BCUT2D eigenvalue weighted by molar-refractivity contribution is 5.69. The van der Waals surface area contributed by atoms with E-state index in [2.05, 4.69) is 0 Å². The summed E-state index contributed by atoms with van der Waals surface area (Å²) in [4.78, 5) is 10.9. The molecule has 3 heteroatoms. The molecule has 2 fully saturated rings. The van der Waals surface area contributed by atoms with Crippen LogP contribution in [0.1, 0.15) is 46.5 Å². The molecule has 0 radical (unpaired) electrons. The molecule has 3 nitrogen and oxygen atoms in total. The van der Waals surface area contributed by atoms with E-state index in [1.807, 2.05) is 20.8 Å². The van der Waals surface area contributed by atoms with Crippen molar-refractivity contribution in [1.82, 2.24) is 0 Å². The third-order valence-electron chi connectivity index (χ3n) is 5.23. The Bertz CT molecular complexity index is 303. The van der Waals surface area contributed by atoms with Gasteiger partial charge in [-0.3, -0.25) is 4.79 Å². The van der Waals surface area contributed by atoms with Crippen LogP contribution in [-0.2, 0) is 4.79 Å². The van der Waals surface area contributed by atoms with Crippen LogP contribution >= 0.6 is 0 Å². The van der Waals surface area contributed by atoms with Gasteiger partial charge in [0.25, 0.3) is 0 Å². The van der Waals surface area contributed by atoms with Crippen LogP contribution < -0.4 is 0 Å². The first-order valence-corrected chi connectivity index (χ1v) is 5.67. The fourth-order valence-electron chi connectivity index (χ4n) is 4.01. The third kappa shape index (κ3) is 1.13. The monoisotopic (exact) mass is 212 g/mol. The van der Waals surface area contributed by atoms with Crippen LogP contribution in [0.15, 0.2) is 0 Å². The highest BCUT2D eigenvalue weighted by atomic mass is 16.4. The minimum absolute atomic E-state index is 0.118. The Morgan fingerprint density at radius 1 is 1.40 bits per heavy atom. The Morgan fingerprint density at radius 3 is 2.40 bits per heavy atom. The molecule has 0 aromatic carbocycles. The Morgan fingerprint density at radius 2 is 2.00 bits per heavy atom. The van der Waals surface area contributed by atoms with Crippen LogP contribution in [0.5, 0.6) is 0 Å². The van der Waals surface area contributed by atoms with E-state index < -0.39 is 11.6 Å². The quantitative estimate of drug-likeness (QED) is 0.736. The Labute approximate surface area is 90.5 Å². The van der Waals surface area contributed by atoms with Crippen LogP contribution in [-0.4, -0.2) is 21.8 Å². The van der Waals surface area contributed by atoms with Crippen molar-refractivity contribution in [3.63, 3.8) is 0 Å². The summed E-state index contributed by atoms with van der Waals surface area (Å²) in [6, 6.07) is 0. The van der Waals surface area contributed by atoms with Gasteiger partial charge in [-0.15, -0.1) is 0 Å². The van der Waals surface area contributed by atoms with Gasteiger partial charge in [-0.1, -0.05) is 20.8 Å². The lowest BCUT2D eigenvalue weighted by atomic mass is 9.59. The number of carboxylic acid groups (broad SMARTS) is 1. The van der Waals surface area contributed by atoms with E-state index in [0.717, 1.165) is 19.3 Å². The van der Waals surface area contributed by atoms with Crippen molar-refractivity contribution in [3.8, 4) is 0 Å². The summed E-state index contributed by atoms with van der Waals surface area (Å²) in [5.74, 6) is -0.411. The first-order valence-electron chi connectivity index (χ1n) is 5.67. The topological polar surface area (TPSA) is 57.5 Å². The minimum Gasteiger partial charge on any atom is -0.481 e. The zero-order chi connectivity index (χ0) is 11.5. The predicted molar refractivity (Wildman–Crippen MR) is 56.4 cm³/mol. The summed E-state index contributed by atoms with van der Waals surface area (Å²) in [5.41, 5.74) is -1.49. The summed E-state index contributed by atoms with van der Waals surface area (Å²) in [6.45, 7) is 6.08. The Kier molecular flexibility index (Phi) is 2.01. The van der Waals surface area contributed by atoms with Crippen molar-refractivity contribution >= 4 is 5.97 Å². The lowest BCUT2D eigenvalue weighted by Gasteiger charge is -2.50. The second-order valence-corrected chi connectivity index (χ2v) is 6.15. The maximum atomic E-state index is 10.9. The number of carbonyl (C=O) groups is 1. The van der Waals surface area contributed by atoms with E-state index in [-0.39, 0.29) is 17.3 Å². The molecule has 2 bridgehead atoms. The SMILES string of the molecule is CC12CCC(C1)C(C)(C)C2(O)CC(=O)O. The molecule has 0 heterocycles. The number of fused-ring (bicyclic) bond motifs is 2. The number of hydrogen-bond donors (Lipinski definition) is 2. The van der Waals surface area contributed by atoms with E-state index in [4.69, 9.17) is 5.11 Å². The molecule has 0 amide bonds. The summed E-state index contributed by atoms with van der Waals surface area (Å²) >= 11 is 0. The Balaban J connectivity index is 2.40. The molecule has 0 aliphatic heterocycles. The van der Waals surface area contributed by atoms with Gasteiger partial charge in [-0.05, 0) is 36.0 Å². The molecule has 2 N–H and O–H groups in total. The molecular formula is C12H20O3. The normalized spacial score (nSPS) is 47.1. The van der Waals surface area contributed by atoms with E-state index in [9.17, 15) is 9.90 Å². The molecule has 0 aromatic rings.